The number of aromatic nitrogens is 1. The van der Waals surface area contributed by atoms with E-state index in [1.807, 2.05) is 45.0 Å². The molecule has 0 atom stereocenters. The molecule has 1 heterocycles. The minimum atomic E-state index is 0.285. The first-order chi connectivity index (χ1) is 8.97. The highest BCUT2D eigenvalue weighted by Gasteiger charge is 2.11. The molecule has 0 radical (unpaired) electrons. The van der Waals surface area contributed by atoms with Crippen molar-refractivity contribution in [3.8, 4) is 11.6 Å². The van der Waals surface area contributed by atoms with Crippen LogP contribution < -0.4 is 10.5 Å². The Balaban J connectivity index is 2.42. The van der Waals surface area contributed by atoms with Gasteiger partial charge in [-0.25, -0.2) is 4.98 Å². The van der Waals surface area contributed by atoms with Gasteiger partial charge in [0.25, 0.3) is 0 Å². The molecule has 1 aromatic heterocycles. The monoisotopic (exact) mass is 272 g/mol. The number of aryl methyl sites for hydroxylation is 3. The molecule has 2 aromatic rings. The summed E-state index contributed by atoms with van der Waals surface area (Å²) in [7, 11) is 0. The van der Waals surface area contributed by atoms with Gasteiger partial charge in [0.1, 0.15) is 10.7 Å². The second-order valence-electron chi connectivity index (χ2n) is 4.54. The van der Waals surface area contributed by atoms with Gasteiger partial charge in [0.15, 0.2) is 0 Å². The highest BCUT2D eigenvalue weighted by molar-refractivity contribution is 7.80. The normalized spacial score (nSPS) is 10.3. The number of nitrogens with zero attached hydrogens (tertiary/aromatic N) is 1. The van der Waals surface area contributed by atoms with E-state index >= 15 is 0 Å². The van der Waals surface area contributed by atoms with Gasteiger partial charge in [-0.15, -0.1) is 0 Å². The topological polar surface area (TPSA) is 48.1 Å². The Morgan fingerprint density at radius 3 is 2.53 bits per heavy atom. The summed E-state index contributed by atoms with van der Waals surface area (Å²) < 4.78 is 5.86. The number of thiocarbonyl (C=S) groups is 1. The Labute approximate surface area is 118 Å². The van der Waals surface area contributed by atoms with Crippen molar-refractivity contribution in [1.29, 1.82) is 0 Å². The van der Waals surface area contributed by atoms with E-state index in [1.54, 1.807) is 0 Å². The van der Waals surface area contributed by atoms with E-state index in [9.17, 15) is 0 Å². The summed E-state index contributed by atoms with van der Waals surface area (Å²) in [5.41, 5.74) is 9.45. The van der Waals surface area contributed by atoms with Crippen LogP contribution in [0.15, 0.2) is 30.3 Å². The molecule has 19 heavy (non-hydrogen) atoms. The molecule has 0 bridgehead atoms. The lowest BCUT2D eigenvalue weighted by Gasteiger charge is -2.12. The molecular weight excluding hydrogens is 256 g/mol. The molecule has 2 N–H and O–H groups in total. The van der Waals surface area contributed by atoms with Crippen LogP contribution in [0.5, 0.6) is 11.6 Å². The second-order valence-corrected chi connectivity index (χ2v) is 4.98. The molecule has 0 unspecified atom stereocenters. The molecule has 4 heteroatoms. The Morgan fingerprint density at radius 2 is 1.89 bits per heavy atom. The molecule has 0 fully saturated rings. The van der Waals surface area contributed by atoms with Crippen LogP contribution in [0.4, 0.5) is 0 Å². The zero-order chi connectivity index (χ0) is 14.0. The van der Waals surface area contributed by atoms with Crippen molar-refractivity contribution < 1.29 is 4.74 Å². The predicted molar refractivity (Wildman–Crippen MR) is 80.9 cm³/mol. The smallest absolute Gasteiger partial charge is 0.229 e. The van der Waals surface area contributed by atoms with E-state index in [0.29, 0.717) is 11.4 Å². The molecule has 0 amide bonds. The summed E-state index contributed by atoms with van der Waals surface area (Å²) in [5, 5.41) is 0. The highest BCUT2D eigenvalue weighted by Crippen LogP contribution is 2.27. The third-order valence-electron chi connectivity index (χ3n) is 2.80. The second kappa shape index (κ2) is 5.36. The van der Waals surface area contributed by atoms with Crippen LogP contribution in [-0.4, -0.2) is 9.97 Å². The summed E-state index contributed by atoms with van der Waals surface area (Å²) in [6, 6.07) is 9.69. The molecule has 0 aliphatic carbocycles. The number of rotatable bonds is 3. The molecule has 98 valence electrons. The fourth-order valence-corrected chi connectivity index (χ4v) is 1.97. The Kier molecular flexibility index (Phi) is 3.81. The third-order valence-corrected chi connectivity index (χ3v) is 3.02. The van der Waals surface area contributed by atoms with Gasteiger partial charge in [0.2, 0.25) is 5.88 Å². The fraction of sp³-hybridized carbons (Fsp3) is 0.200. The number of hydrogen-bond acceptors (Lipinski definition) is 3. The van der Waals surface area contributed by atoms with E-state index in [0.717, 1.165) is 17.0 Å². The van der Waals surface area contributed by atoms with E-state index < -0.39 is 0 Å². The molecule has 0 saturated carbocycles. The van der Waals surface area contributed by atoms with Crippen LogP contribution in [0.25, 0.3) is 0 Å². The van der Waals surface area contributed by atoms with Gasteiger partial charge in [-0.05, 0) is 44.5 Å². The SMILES string of the molecule is Cc1ccc(Oc2nc(C)ccc2C(N)=S)c(C)c1. The molecule has 1 aromatic carbocycles. The summed E-state index contributed by atoms with van der Waals surface area (Å²) in [4.78, 5) is 4.65. The minimum Gasteiger partial charge on any atom is -0.438 e. The van der Waals surface area contributed by atoms with E-state index in [2.05, 4.69) is 11.1 Å². The maximum Gasteiger partial charge on any atom is 0.229 e. The predicted octanol–water partition coefficient (Wildman–Crippen LogP) is 3.43. The summed E-state index contributed by atoms with van der Waals surface area (Å²) in [5.74, 6) is 1.22. The van der Waals surface area contributed by atoms with Gasteiger partial charge >= 0.3 is 0 Å². The van der Waals surface area contributed by atoms with Crippen molar-refractivity contribution in [2.75, 3.05) is 0 Å². The number of pyridine rings is 1. The van der Waals surface area contributed by atoms with Crippen molar-refractivity contribution >= 4 is 17.2 Å². The van der Waals surface area contributed by atoms with Gasteiger partial charge in [-0.3, -0.25) is 0 Å². The van der Waals surface area contributed by atoms with Crippen LogP contribution in [0.2, 0.25) is 0 Å². The first kappa shape index (κ1) is 13.5. The quantitative estimate of drug-likeness (QED) is 0.870. The van der Waals surface area contributed by atoms with Gasteiger partial charge in [0, 0.05) is 5.69 Å². The first-order valence-electron chi connectivity index (χ1n) is 6.00. The zero-order valence-corrected chi connectivity index (χ0v) is 12.0. The van der Waals surface area contributed by atoms with Crippen LogP contribution in [0.3, 0.4) is 0 Å². The van der Waals surface area contributed by atoms with Gasteiger partial charge < -0.3 is 10.5 Å². The largest absolute Gasteiger partial charge is 0.438 e. The van der Waals surface area contributed by atoms with Gasteiger partial charge in [0.05, 0.1) is 5.56 Å². The zero-order valence-electron chi connectivity index (χ0n) is 11.2. The average molecular weight is 272 g/mol. The lowest BCUT2D eigenvalue weighted by molar-refractivity contribution is 0.457. The fourth-order valence-electron chi connectivity index (χ4n) is 1.82. The third kappa shape index (κ3) is 3.09. The number of benzene rings is 1. The summed E-state index contributed by atoms with van der Waals surface area (Å²) in [6.07, 6.45) is 0. The molecule has 0 aliphatic rings. The number of ether oxygens (including phenoxy) is 1. The summed E-state index contributed by atoms with van der Waals surface area (Å²) >= 11 is 5.02. The molecule has 3 nitrogen and oxygen atoms in total. The standard InChI is InChI=1S/C15H16N2OS/c1-9-4-7-13(10(2)8-9)18-15-12(14(16)19)6-5-11(3)17-15/h4-8H,1-3H3,(H2,16,19). The lowest BCUT2D eigenvalue weighted by Crippen LogP contribution is -2.12. The number of nitrogens with two attached hydrogens (primary N) is 1. The molecule has 0 aliphatic heterocycles. The molecule has 2 rings (SSSR count). The lowest BCUT2D eigenvalue weighted by atomic mass is 10.1. The maximum atomic E-state index is 5.86. The molecule has 0 spiro atoms. The summed E-state index contributed by atoms with van der Waals surface area (Å²) in [6.45, 7) is 5.94. The Bertz CT molecular complexity index is 638. The van der Waals surface area contributed by atoms with Crippen LogP contribution >= 0.6 is 12.2 Å². The van der Waals surface area contributed by atoms with Gasteiger partial charge in [-0.2, -0.15) is 0 Å². The van der Waals surface area contributed by atoms with Crippen molar-refractivity contribution in [3.05, 3.63) is 52.7 Å². The van der Waals surface area contributed by atoms with Crippen LogP contribution in [0.1, 0.15) is 22.4 Å². The van der Waals surface area contributed by atoms with Crippen molar-refractivity contribution in [1.82, 2.24) is 4.98 Å². The van der Waals surface area contributed by atoms with Gasteiger partial charge in [-0.1, -0.05) is 29.9 Å². The maximum absolute atomic E-state index is 5.86. The highest BCUT2D eigenvalue weighted by atomic mass is 32.1. The Hall–Kier alpha value is -1.94. The minimum absolute atomic E-state index is 0.285. The Morgan fingerprint density at radius 1 is 1.16 bits per heavy atom. The van der Waals surface area contributed by atoms with E-state index in [-0.39, 0.29) is 4.99 Å². The van der Waals surface area contributed by atoms with E-state index in [1.165, 1.54) is 5.56 Å². The van der Waals surface area contributed by atoms with Crippen LogP contribution in [-0.2, 0) is 0 Å². The average Bonchev–Trinajstić information content (AvgIpc) is 2.32. The number of hydrogen-bond donors (Lipinski definition) is 1. The van der Waals surface area contributed by atoms with Crippen LogP contribution in [0, 0.1) is 20.8 Å². The van der Waals surface area contributed by atoms with E-state index in [4.69, 9.17) is 22.7 Å². The van der Waals surface area contributed by atoms with Crippen molar-refractivity contribution in [2.45, 2.75) is 20.8 Å². The van der Waals surface area contributed by atoms with Crippen molar-refractivity contribution in [3.63, 3.8) is 0 Å². The molecule has 0 saturated heterocycles. The first-order valence-corrected chi connectivity index (χ1v) is 6.41. The molecular formula is C15H16N2OS. The van der Waals surface area contributed by atoms with Crippen molar-refractivity contribution in [2.24, 2.45) is 5.73 Å².